The van der Waals surface area contributed by atoms with Crippen LogP contribution < -0.4 is 10.9 Å². The second kappa shape index (κ2) is 10.5. The molecule has 0 bridgehead atoms. The number of nitrogens with one attached hydrogen (secondary N) is 2. The van der Waals surface area contributed by atoms with Gasteiger partial charge in [-0.15, -0.1) is 0 Å². The molecule has 0 saturated carbocycles. The van der Waals surface area contributed by atoms with Gasteiger partial charge in [-0.05, 0) is 12.0 Å². The van der Waals surface area contributed by atoms with Gasteiger partial charge in [0.1, 0.15) is 6.04 Å². The van der Waals surface area contributed by atoms with E-state index in [-0.39, 0.29) is 12.8 Å². The quantitative estimate of drug-likeness (QED) is 0.328. The smallest absolute Gasteiger partial charge is 0.322 e. The van der Waals surface area contributed by atoms with Crippen molar-refractivity contribution < 1.29 is 19.5 Å². The van der Waals surface area contributed by atoms with Crippen LogP contribution in [0.2, 0.25) is 0 Å². The molecule has 126 valence electrons. The third-order valence-electron chi connectivity index (χ3n) is 3.45. The fraction of sp³-hybridized carbons (Fsp3) is 0.471. The first-order valence-corrected chi connectivity index (χ1v) is 7.90. The number of hydrazine groups is 1. The molecule has 0 aliphatic carbocycles. The van der Waals surface area contributed by atoms with Crippen LogP contribution in [0.25, 0.3) is 0 Å². The number of Topliss-reactive ketones (excluding diaryl/α,β-unsaturated/α-hetero) is 1. The van der Waals surface area contributed by atoms with Gasteiger partial charge in [-0.1, -0.05) is 56.5 Å². The van der Waals surface area contributed by atoms with Gasteiger partial charge < -0.3 is 5.11 Å². The Labute approximate surface area is 136 Å². The number of carboxylic acid groups (broad SMARTS) is 1. The zero-order chi connectivity index (χ0) is 17.1. The number of aliphatic carboxylic acids is 1. The zero-order valence-electron chi connectivity index (χ0n) is 13.4. The highest BCUT2D eigenvalue weighted by Crippen LogP contribution is 2.04. The number of unbranched alkanes of at least 4 members (excludes halogenated alkanes) is 3. The molecule has 0 saturated heterocycles. The van der Waals surface area contributed by atoms with E-state index in [1.807, 2.05) is 18.2 Å². The van der Waals surface area contributed by atoms with Gasteiger partial charge in [0.25, 0.3) is 0 Å². The first-order chi connectivity index (χ1) is 11.0. The highest BCUT2D eigenvalue weighted by molar-refractivity contribution is 6.36. The number of hydrogen-bond acceptors (Lipinski definition) is 4. The van der Waals surface area contributed by atoms with Crippen LogP contribution in [0.4, 0.5) is 0 Å². The number of rotatable bonds is 11. The second-order valence-electron chi connectivity index (χ2n) is 5.41. The number of carbonyl (C=O) groups excluding carboxylic acids is 2. The molecule has 0 aliphatic heterocycles. The lowest BCUT2D eigenvalue weighted by Crippen LogP contribution is -2.51. The van der Waals surface area contributed by atoms with Crippen molar-refractivity contribution in [3.05, 3.63) is 35.9 Å². The highest BCUT2D eigenvalue weighted by atomic mass is 16.4. The summed E-state index contributed by atoms with van der Waals surface area (Å²) >= 11 is 0. The van der Waals surface area contributed by atoms with Crippen LogP contribution in [0.3, 0.4) is 0 Å². The van der Waals surface area contributed by atoms with Crippen molar-refractivity contribution in [2.24, 2.45) is 0 Å². The molecule has 1 aromatic rings. The van der Waals surface area contributed by atoms with Crippen LogP contribution in [-0.2, 0) is 20.8 Å². The Morgan fingerprint density at radius 3 is 2.39 bits per heavy atom. The van der Waals surface area contributed by atoms with Gasteiger partial charge in [-0.25, -0.2) is 5.43 Å². The molecule has 1 atom stereocenters. The lowest BCUT2D eigenvalue weighted by atomic mass is 10.1. The van der Waals surface area contributed by atoms with Crippen LogP contribution in [0.1, 0.15) is 44.6 Å². The molecule has 1 rings (SSSR count). The topological polar surface area (TPSA) is 95.5 Å². The molecule has 0 heterocycles. The van der Waals surface area contributed by atoms with E-state index in [1.165, 1.54) is 0 Å². The minimum Gasteiger partial charge on any atom is -0.480 e. The van der Waals surface area contributed by atoms with Crippen LogP contribution >= 0.6 is 0 Å². The standard InChI is InChI=1S/C17H24N2O4/c1-2-3-4-8-11-15(20)16(21)19-18-14(17(22)23)12-13-9-6-5-7-10-13/h5-7,9-10,14,18H,2-4,8,11-12H2,1H3,(H,19,21)(H,22,23)/t14-/m0/s1. The van der Waals surface area contributed by atoms with Crippen LogP contribution in [-0.4, -0.2) is 28.8 Å². The number of hydrogen-bond donors (Lipinski definition) is 3. The van der Waals surface area contributed by atoms with Crippen LogP contribution in [0.5, 0.6) is 0 Å². The maximum Gasteiger partial charge on any atom is 0.322 e. The van der Waals surface area contributed by atoms with E-state index in [0.717, 1.165) is 24.8 Å². The molecule has 0 unspecified atom stereocenters. The minimum absolute atomic E-state index is 0.184. The van der Waals surface area contributed by atoms with Crippen molar-refractivity contribution in [3.63, 3.8) is 0 Å². The van der Waals surface area contributed by atoms with Crippen molar-refractivity contribution in [3.8, 4) is 0 Å². The molecular formula is C17H24N2O4. The average molecular weight is 320 g/mol. The summed E-state index contributed by atoms with van der Waals surface area (Å²) in [6.07, 6.45) is 4.07. The van der Waals surface area contributed by atoms with Crippen LogP contribution in [0, 0.1) is 0 Å². The number of carbonyl (C=O) groups is 3. The van der Waals surface area contributed by atoms with Gasteiger partial charge in [0.2, 0.25) is 5.78 Å². The van der Waals surface area contributed by atoms with Crippen molar-refractivity contribution in [1.82, 2.24) is 10.9 Å². The van der Waals surface area contributed by atoms with Crippen molar-refractivity contribution in [2.45, 2.75) is 51.5 Å². The maximum atomic E-state index is 11.7. The fourth-order valence-corrected chi connectivity index (χ4v) is 2.10. The van der Waals surface area contributed by atoms with Crippen molar-refractivity contribution in [1.29, 1.82) is 0 Å². The Hall–Kier alpha value is -2.21. The SMILES string of the molecule is CCCCCCC(=O)C(=O)NN[C@@H](Cc1ccccc1)C(=O)O. The molecule has 3 N–H and O–H groups in total. The first kappa shape index (κ1) is 18.8. The zero-order valence-corrected chi connectivity index (χ0v) is 13.4. The van der Waals surface area contributed by atoms with E-state index in [4.69, 9.17) is 0 Å². The van der Waals surface area contributed by atoms with E-state index in [9.17, 15) is 19.5 Å². The maximum absolute atomic E-state index is 11.7. The van der Waals surface area contributed by atoms with Crippen LogP contribution in [0.15, 0.2) is 30.3 Å². The largest absolute Gasteiger partial charge is 0.480 e. The Morgan fingerprint density at radius 1 is 1.09 bits per heavy atom. The molecule has 1 amide bonds. The van der Waals surface area contributed by atoms with Gasteiger partial charge in [0.15, 0.2) is 0 Å². The Morgan fingerprint density at radius 2 is 1.78 bits per heavy atom. The minimum atomic E-state index is -1.09. The Balaban J connectivity index is 2.41. The molecule has 0 fully saturated rings. The average Bonchev–Trinajstić information content (AvgIpc) is 2.55. The van der Waals surface area contributed by atoms with E-state index in [2.05, 4.69) is 17.8 Å². The van der Waals surface area contributed by atoms with Gasteiger partial charge in [-0.3, -0.25) is 19.8 Å². The predicted octanol–water partition coefficient (Wildman–Crippen LogP) is 1.84. The Bertz CT molecular complexity index is 517. The molecule has 6 nitrogen and oxygen atoms in total. The summed E-state index contributed by atoms with van der Waals surface area (Å²) in [5.41, 5.74) is 5.46. The monoisotopic (exact) mass is 320 g/mol. The van der Waals surface area contributed by atoms with Gasteiger partial charge in [-0.2, -0.15) is 0 Å². The van der Waals surface area contributed by atoms with Gasteiger partial charge in [0, 0.05) is 12.8 Å². The second-order valence-corrected chi connectivity index (χ2v) is 5.41. The summed E-state index contributed by atoms with van der Waals surface area (Å²) < 4.78 is 0. The molecule has 23 heavy (non-hydrogen) atoms. The van der Waals surface area contributed by atoms with Gasteiger partial charge >= 0.3 is 11.9 Å². The summed E-state index contributed by atoms with van der Waals surface area (Å²) in [6.45, 7) is 2.07. The number of benzene rings is 1. The molecule has 0 radical (unpaired) electrons. The lowest BCUT2D eigenvalue weighted by Gasteiger charge is -2.15. The third-order valence-corrected chi connectivity index (χ3v) is 3.45. The predicted molar refractivity (Wildman–Crippen MR) is 86.6 cm³/mol. The normalized spacial score (nSPS) is 11.7. The molecule has 0 aromatic heterocycles. The summed E-state index contributed by atoms with van der Waals surface area (Å²) in [4.78, 5) is 34.5. The fourth-order valence-electron chi connectivity index (χ4n) is 2.10. The number of amides is 1. The van der Waals surface area contributed by atoms with E-state index in [0.29, 0.717) is 6.42 Å². The summed E-state index contributed by atoms with van der Waals surface area (Å²) in [5, 5.41) is 9.19. The van der Waals surface area contributed by atoms with Crippen molar-refractivity contribution in [2.75, 3.05) is 0 Å². The first-order valence-electron chi connectivity index (χ1n) is 7.90. The molecule has 0 aliphatic rings. The number of carboxylic acids is 1. The number of ketones is 1. The van der Waals surface area contributed by atoms with E-state index in [1.54, 1.807) is 12.1 Å². The molecule has 6 heteroatoms. The third kappa shape index (κ3) is 7.56. The summed E-state index contributed by atoms with van der Waals surface area (Å²) in [5.74, 6) is -2.41. The highest BCUT2D eigenvalue weighted by Gasteiger charge is 2.20. The van der Waals surface area contributed by atoms with E-state index < -0.39 is 23.7 Å². The molecule has 1 aromatic carbocycles. The van der Waals surface area contributed by atoms with Gasteiger partial charge in [0.05, 0.1) is 0 Å². The summed E-state index contributed by atoms with van der Waals surface area (Å²) in [7, 11) is 0. The molecule has 0 spiro atoms. The van der Waals surface area contributed by atoms with E-state index >= 15 is 0 Å². The lowest BCUT2D eigenvalue weighted by molar-refractivity contribution is -0.142. The summed E-state index contributed by atoms with van der Waals surface area (Å²) in [6, 6.07) is 8.08. The molecular weight excluding hydrogens is 296 g/mol. The Kier molecular flexibility index (Phi) is 8.60. The van der Waals surface area contributed by atoms with Crippen molar-refractivity contribution >= 4 is 17.7 Å².